The Bertz CT molecular complexity index is 763. The van der Waals surface area contributed by atoms with E-state index < -0.39 is 9.70 Å². The fraction of sp³-hybridized carbons (Fsp3) is 0.348. The van der Waals surface area contributed by atoms with Gasteiger partial charge in [0, 0.05) is 12.5 Å². The molecule has 6 heteroatoms. The number of benzene rings is 2. The summed E-state index contributed by atoms with van der Waals surface area (Å²) in [6.45, 7) is 7.27. The third-order valence-electron chi connectivity index (χ3n) is 4.75. The standard InChI is InChI=1S/C23H26Cl3NO2/c1-3-20(17-29-16-19-13-9-6-10-14-19)21(4-2)27(22(28)23(24,25)26)15-18-11-7-5-8-12-18/h4-14,20-21H,2-3,15-17H2,1H3/t20-,21+/m1/s1. The van der Waals surface area contributed by atoms with Gasteiger partial charge in [0.2, 0.25) is 0 Å². The van der Waals surface area contributed by atoms with Crippen molar-refractivity contribution < 1.29 is 9.53 Å². The zero-order valence-electron chi connectivity index (χ0n) is 16.4. The minimum atomic E-state index is -2.04. The Kier molecular flexibility index (Phi) is 9.51. The van der Waals surface area contributed by atoms with Crippen molar-refractivity contribution in [3.8, 4) is 0 Å². The van der Waals surface area contributed by atoms with Crippen molar-refractivity contribution in [2.45, 2.75) is 36.3 Å². The van der Waals surface area contributed by atoms with E-state index in [9.17, 15) is 4.79 Å². The third-order valence-corrected chi connectivity index (χ3v) is 5.24. The summed E-state index contributed by atoms with van der Waals surface area (Å²) >= 11 is 17.9. The Morgan fingerprint density at radius 2 is 1.62 bits per heavy atom. The number of amides is 1. The zero-order chi connectivity index (χ0) is 21.3. The van der Waals surface area contributed by atoms with E-state index in [-0.39, 0.29) is 12.0 Å². The summed E-state index contributed by atoms with van der Waals surface area (Å²) in [5.74, 6) is -0.561. The average molecular weight is 455 g/mol. The maximum atomic E-state index is 12.9. The molecule has 2 atom stereocenters. The smallest absolute Gasteiger partial charge is 0.275 e. The predicted octanol–water partition coefficient (Wildman–Crippen LogP) is 6.18. The van der Waals surface area contributed by atoms with Crippen LogP contribution in [0.25, 0.3) is 0 Å². The zero-order valence-corrected chi connectivity index (χ0v) is 18.7. The summed E-state index contributed by atoms with van der Waals surface area (Å²) in [7, 11) is 0. The van der Waals surface area contributed by atoms with E-state index in [1.165, 1.54) is 0 Å². The van der Waals surface area contributed by atoms with Crippen LogP contribution in [0.2, 0.25) is 0 Å². The fourth-order valence-corrected chi connectivity index (χ4v) is 3.52. The lowest BCUT2D eigenvalue weighted by molar-refractivity contribution is -0.134. The summed E-state index contributed by atoms with van der Waals surface area (Å²) < 4.78 is 3.89. The second-order valence-corrected chi connectivity index (χ2v) is 9.09. The first-order valence-corrected chi connectivity index (χ1v) is 10.7. The number of carbonyl (C=O) groups is 1. The van der Waals surface area contributed by atoms with Gasteiger partial charge in [-0.2, -0.15) is 0 Å². The lowest BCUT2D eigenvalue weighted by Crippen LogP contribution is -2.48. The summed E-state index contributed by atoms with van der Waals surface area (Å²) in [5, 5.41) is 0. The molecule has 1 amide bonds. The summed E-state index contributed by atoms with van der Waals surface area (Å²) in [6.07, 6.45) is 2.52. The van der Waals surface area contributed by atoms with E-state index >= 15 is 0 Å². The van der Waals surface area contributed by atoms with Crippen LogP contribution in [0.5, 0.6) is 0 Å². The highest BCUT2D eigenvalue weighted by Crippen LogP contribution is 2.32. The van der Waals surface area contributed by atoms with Crippen LogP contribution < -0.4 is 0 Å². The van der Waals surface area contributed by atoms with Crippen LogP contribution >= 0.6 is 34.8 Å². The lowest BCUT2D eigenvalue weighted by Gasteiger charge is -2.36. The second-order valence-electron chi connectivity index (χ2n) is 6.81. The molecule has 0 aliphatic heterocycles. The van der Waals surface area contributed by atoms with Gasteiger partial charge >= 0.3 is 0 Å². The van der Waals surface area contributed by atoms with Crippen molar-refractivity contribution in [2.75, 3.05) is 6.61 Å². The molecule has 0 saturated carbocycles. The quantitative estimate of drug-likeness (QED) is 0.317. The van der Waals surface area contributed by atoms with Crippen molar-refractivity contribution in [3.05, 3.63) is 84.4 Å². The molecule has 0 radical (unpaired) electrons. The van der Waals surface area contributed by atoms with Gasteiger partial charge in [0.25, 0.3) is 9.70 Å². The number of ether oxygens (including phenoxy) is 1. The highest BCUT2D eigenvalue weighted by molar-refractivity contribution is 6.76. The van der Waals surface area contributed by atoms with E-state index in [2.05, 4.69) is 6.58 Å². The molecule has 29 heavy (non-hydrogen) atoms. The van der Waals surface area contributed by atoms with E-state index in [0.29, 0.717) is 19.8 Å². The van der Waals surface area contributed by atoms with Crippen LogP contribution in [0, 0.1) is 5.92 Å². The monoisotopic (exact) mass is 453 g/mol. The van der Waals surface area contributed by atoms with Crippen LogP contribution in [0.1, 0.15) is 24.5 Å². The number of hydrogen-bond donors (Lipinski definition) is 0. The first kappa shape index (κ1) is 23.8. The van der Waals surface area contributed by atoms with Gasteiger partial charge in [0.15, 0.2) is 0 Å². The first-order valence-electron chi connectivity index (χ1n) is 9.52. The summed E-state index contributed by atoms with van der Waals surface area (Å²) in [6, 6.07) is 19.2. The molecule has 0 heterocycles. The number of carbonyl (C=O) groups excluding carboxylic acids is 1. The Labute approximate surface area is 188 Å². The third kappa shape index (κ3) is 7.35. The molecule has 0 aliphatic carbocycles. The Morgan fingerprint density at radius 1 is 1.07 bits per heavy atom. The van der Waals surface area contributed by atoms with Crippen molar-refractivity contribution in [2.24, 2.45) is 5.92 Å². The number of hydrogen-bond acceptors (Lipinski definition) is 2. The van der Waals surface area contributed by atoms with E-state index in [4.69, 9.17) is 39.5 Å². The van der Waals surface area contributed by atoms with Gasteiger partial charge in [-0.25, -0.2) is 0 Å². The Hall–Kier alpha value is -1.52. The molecule has 0 aliphatic rings. The van der Waals surface area contributed by atoms with Gasteiger partial charge in [-0.1, -0.05) is 108 Å². The van der Waals surface area contributed by atoms with Gasteiger partial charge in [-0.3, -0.25) is 4.79 Å². The molecule has 0 spiro atoms. The van der Waals surface area contributed by atoms with E-state index in [0.717, 1.165) is 17.5 Å². The van der Waals surface area contributed by atoms with Crippen molar-refractivity contribution in [3.63, 3.8) is 0 Å². The van der Waals surface area contributed by atoms with Crippen LogP contribution in [-0.4, -0.2) is 27.2 Å². The number of rotatable bonds is 10. The topological polar surface area (TPSA) is 29.5 Å². The van der Waals surface area contributed by atoms with Gasteiger partial charge in [0.05, 0.1) is 19.3 Å². The largest absolute Gasteiger partial charge is 0.376 e. The molecule has 0 saturated heterocycles. The highest BCUT2D eigenvalue weighted by atomic mass is 35.6. The second kappa shape index (κ2) is 11.6. The molecule has 0 bridgehead atoms. The minimum absolute atomic E-state index is 0.0104. The molecule has 2 aromatic rings. The molecular formula is C23H26Cl3NO2. The minimum Gasteiger partial charge on any atom is -0.376 e. The van der Waals surface area contributed by atoms with Crippen molar-refractivity contribution in [1.82, 2.24) is 4.90 Å². The molecule has 0 unspecified atom stereocenters. The van der Waals surface area contributed by atoms with Gasteiger partial charge in [-0.15, -0.1) is 6.58 Å². The average Bonchev–Trinajstić information content (AvgIpc) is 2.72. The Morgan fingerprint density at radius 3 is 2.10 bits per heavy atom. The fourth-order valence-electron chi connectivity index (χ4n) is 3.19. The van der Waals surface area contributed by atoms with Gasteiger partial charge < -0.3 is 9.64 Å². The normalized spacial score (nSPS) is 13.5. The van der Waals surface area contributed by atoms with Crippen LogP contribution in [0.15, 0.2) is 73.3 Å². The lowest BCUT2D eigenvalue weighted by atomic mass is 9.95. The molecule has 0 fully saturated rings. The van der Waals surface area contributed by atoms with Crippen LogP contribution in [0.4, 0.5) is 0 Å². The van der Waals surface area contributed by atoms with E-state index in [1.54, 1.807) is 11.0 Å². The number of halogens is 3. The molecule has 156 valence electrons. The summed E-state index contributed by atoms with van der Waals surface area (Å²) in [5.41, 5.74) is 2.04. The molecule has 0 aromatic heterocycles. The molecule has 0 N–H and O–H groups in total. The van der Waals surface area contributed by atoms with Crippen molar-refractivity contribution in [1.29, 1.82) is 0 Å². The number of nitrogens with zero attached hydrogens (tertiary/aromatic N) is 1. The highest BCUT2D eigenvalue weighted by Gasteiger charge is 2.39. The molecular weight excluding hydrogens is 429 g/mol. The first-order chi connectivity index (χ1) is 13.9. The number of alkyl halides is 3. The van der Waals surface area contributed by atoms with Crippen molar-refractivity contribution >= 4 is 40.7 Å². The SMILES string of the molecule is C=C[C@@H]([C@H](CC)COCc1ccccc1)N(Cc1ccccc1)C(=O)C(Cl)(Cl)Cl. The van der Waals surface area contributed by atoms with Crippen LogP contribution in [-0.2, 0) is 22.7 Å². The van der Waals surface area contributed by atoms with Gasteiger partial charge in [-0.05, 0) is 17.5 Å². The molecule has 2 rings (SSSR count). The maximum Gasteiger partial charge on any atom is 0.275 e. The molecule has 3 nitrogen and oxygen atoms in total. The predicted molar refractivity (Wildman–Crippen MR) is 121 cm³/mol. The molecule has 2 aromatic carbocycles. The van der Waals surface area contributed by atoms with Gasteiger partial charge in [0.1, 0.15) is 0 Å². The maximum absolute atomic E-state index is 12.9. The Balaban J connectivity index is 2.17. The van der Waals surface area contributed by atoms with Crippen LogP contribution in [0.3, 0.4) is 0 Å². The summed E-state index contributed by atoms with van der Waals surface area (Å²) in [4.78, 5) is 14.5. The van der Waals surface area contributed by atoms with E-state index in [1.807, 2.05) is 67.6 Å².